The second-order valence-electron chi connectivity index (χ2n) is 8.07. The van der Waals surface area contributed by atoms with Crippen LogP contribution in [-0.2, 0) is 11.3 Å². The smallest absolute Gasteiger partial charge is 0.292 e. The van der Waals surface area contributed by atoms with E-state index < -0.39 is 0 Å². The Labute approximate surface area is 212 Å². The average Bonchev–Trinajstić information content (AvgIpc) is 3.31. The molecule has 1 aliphatic heterocycles. The Morgan fingerprint density at radius 2 is 2.06 bits per heavy atom. The number of aromatic nitrogens is 2. The van der Waals surface area contributed by atoms with E-state index in [-0.39, 0.29) is 19.0 Å². The molecule has 8 nitrogen and oxygen atoms in total. The molecule has 0 atom stereocenters. The normalized spacial score (nSPS) is 14.3. The predicted octanol–water partition coefficient (Wildman–Crippen LogP) is 5.06. The number of rotatable bonds is 8. The van der Waals surface area contributed by atoms with Gasteiger partial charge in [0.25, 0.3) is 6.02 Å². The third-order valence-corrected chi connectivity index (χ3v) is 5.85. The number of aliphatic imine (C=N–C) groups is 1. The lowest BCUT2D eigenvalue weighted by molar-refractivity contribution is 0.256. The van der Waals surface area contributed by atoms with Gasteiger partial charge in [-0.1, -0.05) is 23.7 Å². The van der Waals surface area contributed by atoms with Crippen molar-refractivity contribution < 1.29 is 19.0 Å². The monoisotopic (exact) mass is 507 g/mol. The first kappa shape index (κ1) is 23.8. The summed E-state index contributed by atoms with van der Waals surface area (Å²) in [5, 5.41) is 13.7. The van der Waals surface area contributed by atoms with E-state index in [2.05, 4.69) is 20.3 Å². The quantitative estimate of drug-likeness (QED) is 0.344. The van der Waals surface area contributed by atoms with Crippen LogP contribution in [0, 0.1) is 5.82 Å². The maximum Gasteiger partial charge on any atom is 0.292 e. The lowest BCUT2D eigenvalue weighted by Gasteiger charge is -2.14. The second-order valence-corrected chi connectivity index (χ2v) is 8.47. The summed E-state index contributed by atoms with van der Waals surface area (Å²) in [5.74, 6) is 0.763. The van der Waals surface area contributed by atoms with Crippen LogP contribution in [0.25, 0.3) is 10.9 Å². The lowest BCUT2D eigenvalue weighted by atomic mass is 10.2. The van der Waals surface area contributed by atoms with Crippen LogP contribution in [0.15, 0.2) is 72.0 Å². The molecule has 1 aromatic heterocycles. The van der Waals surface area contributed by atoms with Gasteiger partial charge in [-0.3, -0.25) is 0 Å². The van der Waals surface area contributed by atoms with Crippen LogP contribution in [-0.4, -0.2) is 52.3 Å². The van der Waals surface area contributed by atoms with E-state index in [0.717, 1.165) is 10.9 Å². The molecule has 5 rings (SSSR count). The molecular formula is C26H23ClFN5O3. The van der Waals surface area contributed by atoms with E-state index in [1.807, 2.05) is 29.2 Å². The van der Waals surface area contributed by atoms with E-state index >= 15 is 0 Å². The summed E-state index contributed by atoms with van der Waals surface area (Å²) in [4.78, 5) is 15.2. The molecule has 3 aromatic carbocycles. The maximum absolute atomic E-state index is 13.4. The number of hydrogen-bond acceptors (Lipinski definition) is 7. The number of anilines is 2. The number of nitrogens with one attached hydrogen (secondary N) is 1. The summed E-state index contributed by atoms with van der Waals surface area (Å²) >= 11 is 6.45. The van der Waals surface area contributed by atoms with Gasteiger partial charge in [-0.2, -0.15) is 4.99 Å². The number of benzene rings is 3. The van der Waals surface area contributed by atoms with Crippen LogP contribution in [0.1, 0.15) is 5.56 Å². The van der Waals surface area contributed by atoms with Crippen molar-refractivity contribution in [2.45, 2.75) is 6.61 Å². The van der Waals surface area contributed by atoms with Crippen LogP contribution in [0.4, 0.5) is 21.6 Å². The maximum atomic E-state index is 13.4. The molecule has 0 aliphatic carbocycles. The first-order valence-corrected chi connectivity index (χ1v) is 11.7. The Bertz CT molecular complexity index is 1420. The predicted molar refractivity (Wildman–Crippen MR) is 137 cm³/mol. The van der Waals surface area contributed by atoms with Gasteiger partial charge in [0, 0.05) is 17.6 Å². The number of β-amino-alcohol motifs (C(OH)–C–C–N with tert-alkyl or cyclic N) is 1. The van der Waals surface area contributed by atoms with E-state index in [0.29, 0.717) is 59.2 Å². The van der Waals surface area contributed by atoms with Crippen LogP contribution in [0.2, 0.25) is 5.02 Å². The van der Waals surface area contributed by atoms with Crippen molar-refractivity contribution in [2.24, 2.45) is 4.99 Å². The molecular weight excluding hydrogens is 485 g/mol. The molecule has 1 aliphatic rings. The first-order chi connectivity index (χ1) is 17.6. The number of amidine groups is 1. The molecule has 0 saturated carbocycles. The standard InChI is InChI=1S/C26H23ClFN5O3/c27-22-14-20(5-7-24(22)36-15-17-2-1-3-18(28)12-17)31-25-21-13-19(4-6-23(21)29-16-30-25)32-26-33(8-10-34)9-11-35-26/h1-7,12-14,16,34H,8-11,15H2,(H,29,30,31)/b32-26-. The number of nitrogens with zero attached hydrogens (tertiary/aromatic N) is 4. The van der Waals surface area contributed by atoms with Crippen molar-refractivity contribution in [1.82, 2.24) is 14.9 Å². The van der Waals surface area contributed by atoms with Gasteiger partial charge >= 0.3 is 0 Å². The Hall–Kier alpha value is -3.95. The fourth-order valence-electron chi connectivity index (χ4n) is 3.81. The van der Waals surface area contributed by atoms with Crippen molar-refractivity contribution in [3.05, 3.63) is 83.4 Å². The Balaban J connectivity index is 1.35. The highest BCUT2D eigenvalue weighted by Crippen LogP contribution is 2.32. The van der Waals surface area contributed by atoms with Crippen molar-refractivity contribution in [3.8, 4) is 5.75 Å². The highest BCUT2D eigenvalue weighted by Gasteiger charge is 2.19. The SMILES string of the molecule is OCCN1CCO/C1=N\c1ccc2ncnc(Nc3ccc(OCc4cccc(F)c4)c(Cl)c3)c2c1. The molecule has 1 fully saturated rings. The Kier molecular flexibility index (Phi) is 7.11. The lowest BCUT2D eigenvalue weighted by Crippen LogP contribution is -2.28. The summed E-state index contributed by atoms with van der Waals surface area (Å²) in [5.41, 5.74) is 2.85. The first-order valence-electron chi connectivity index (χ1n) is 11.3. The van der Waals surface area contributed by atoms with Gasteiger partial charge in [0.15, 0.2) is 0 Å². The second kappa shape index (κ2) is 10.8. The van der Waals surface area contributed by atoms with Gasteiger partial charge in [-0.15, -0.1) is 0 Å². The highest BCUT2D eigenvalue weighted by molar-refractivity contribution is 6.32. The van der Waals surface area contributed by atoms with Gasteiger partial charge in [0.05, 0.1) is 29.4 Å². The van der Waals surface area contributed by atoms with Gasteiger partial charge in [-0.05, 0) is 54.1 Å². The molecule has 4 aromatic rings. The molecule has 36 heavy (non-hydrogen) atoms. The number of hydrogen-bond donors (Lipinski definition) is 2. The Morgan fingerprint density at radius 3 is 2.89 bits per heavy atom. The zero-order valence-electron chi connectivity index (χ0n) is 19.2. The fourth-order valence-corrected chi connectivity index (χ4v) is 4.04. The van der Waals surface area contributed by atoms with Gasteiger partial charge in [0.2, 0.25) is 0 Å². The summed E-state index contributed by atoms with van der Waals surface area (Å²) in [6.45, 7) is 1.91. The molecule has 10 heteroatoms. The molecule has 1 saturated heterocycles. The molecule has 0 bridgehead atoms. The van der Waals surface area contributed by atoms with E-state index in [1.54, 1.807) is 24.3 Å². The van der Waals surface area contributed by atoms with Crippen molar-refractivity contribution >= 4 is 45.7 Å². The van der Waals surface area contributed by atoms with Gasteiger partial charge < -0.3 is 24.8 Å². The zero-order chi connectivity index (χ0) is 24.9. The van der Waals surface area contributed by atoms with Crippen LogP contribution < -0.4 is 10.1 Å². The molecule has 0 radical (unpaired) electrons. The summed E-state index contributed by atoms with van der Waals surface area (Å²) in [6, 6.07) is 17.6. The largest absolute Gasteiger partial charge is 0.487 e. The number of halogens is 2. The van der Waals surface area contributed by atoms with Crippen molar-refractivity contribution in [2.75, 3.05) is 31.6 Å². The average molecular weight is 508 g/mol. The minimum Gasteiger partial charge on any atom is -0.487 e. The summed E-state index contributed by atoms with van der Waals surface area (Å²) < 4.78 is 24.8. The van der Waals surface area contributed by atoms with Crippen LogP contribution in [0.5, 0.6) is 5.75 Å². The number of aliphatic hydroxyl groups is 1. The third-order valence-electron chi connectivity index (χ3n) is 5.55. The minimum absolute atomic E-state index is 0.0270. The highest BCUT2D eigenvalue weighted by atomic mass is 35.5. The molecule has 2 N–H and O–H groups in total. The van der Waals surface area contributed by atoms with Crippen molar-refractivity contribution in [1.29, 1.82) is 0 Å². The topological polar surface area (TPSA) is 92.1 Å². The van der Waals surface area contributed by atoms with Gasteiger partial charge in [-0.25, -0.2) is 14.4 Å². The van der Waals surface area contributed by atoms with Crippen LogP contribution >= 0.6 is 11.6 Å². The third kappa shape index (κ3) is 5.48. The minimum atomic E-state index is -0.313. The van der Waals surface area contributed by atoms with E-state index in [9.17, 15) is 9.50 Å². The molecule has 0 spiro atoms. The molecule has 2 heterocycles. The van der Waals surface area contributed by atoms with E-state index in [1.165, 1.54) is 18.5 Å². The van der Waals surface area contributed by atoms with Crippen molar-refractivity contribution in [3.63, 3.8) is 0 Å². The number of fused-ring (bicyclic) bond motifs is 1. The molecule has 0 unspecified atom stereocenters. The number of aliphatic hydroxyl groups excluding tert-OH is 1. The van der Waals surface area contributed by atoms with E-state index in [4.69, 9.17) is 21.1 Å². The molecule has 184 valence electrons. The number of ether oxygens (including phenoxy) is 2. The summed E-state index contributed by atoms with van der Waals surface area (Å²) in [6.07, 6.45) is 1.48. The summed E-state index contributed by atoms with van der Waals surface area (Å²) in [7, 11) is 0. The fraction of sp³-hybridized carbons (Fsp3) is 0.192. The zero-order valence-corrected chi connectivity index (χ0v) is 20.0. The molecule has 0 amide bonds. The Morgan fingerprint density at radius 1 is 1.14 bits per heavy atom. The van der Waals surface area contributed by atoms with Gasteiger partial charge in [0.1, 0.15) is 36.9 Å². The van der Waals surface area contributed by atoms with Crippen LogP contribution in [0.3, 0.4) is 0 Å².